The van der Waals surface area contributed by atoms with Crippen molar-refractivity contribution < 1.29 is 23.1 Å². The number of hydrogen-bond donors (Lipinski definition) is 2. The summed E-state index contributed by atoms with van der Waals surface area (Å²) in [6.07, 6.45) is 0.749. The van der Waals surface area contributed by atoms with E-state index in [4.69, 9.17) is 5.11 Å². The van der Waals surface area contributed by atoms with Crippen molar-refractivity contribution in [3.8, 4) is 11.3 Å². The highest BCUT2D eigenvalue weighted by atomic mass is 19.4. The summed E-state index contributed by atoms with van der Waals surface area (Å²) in [6, 6.07) is 13.9. The van der Waals surface area contributed by atoms with Crippen molar-refractivity contribution in [1.82, 2.24) is 15.2 Å². The van der Waals surface area contributed by atoms with Crippen LogP contribution in [0.1, 0.15) is 49.3 Å². The van der Waals surface area contributed by atoms with Gasteiger partial charge in [-0.3, -0.25) is 4.79 Å². The number of carboxylic acids is 1. The van der Waals surface area contributed by atoms with Crippen LogP contribution in [0.25, 0.3) is 11.3 Å². The molecule has 2 heterocycles. The molecule has 33 heavy (non-hydrogen) atoms. The molecule has 1 saturated carbocycles. The van der Waals surface area contributed by atoms with Crippen LogP contribution in [0.5, 0.6) is 0 Å². The van der Waals surface area contributed by atoms with Gasteiger partial charge in [-0.2, -0.15) is 13.2 Å². The van der Waals surface area contributed by atoms with E-state index in [1.807, 2.05) is 12.1 Å². The van der Waals surface area contributed by atoms with Gasteiger partial charge in [0.25, 0.3) is 0 Å². The third-order valence-electron chi connectivity index (χ3n) is 5.98. The molecule has 1 aromatic carbocycles. The maximum absolute atomic E-state index is 12.6. The minimum absolute atomic E-state index is 0.255. The van der Waals surface area contributed by atoms with E-state index in [-0.39, 0.29) is 12.3 Å². The average Bonchev–Trinajstić information content (AvgIpc) is 2.80. The second-order valence-corrected chi connectivity index (χ2v) is 8.30. The van der Waals surface area contributed by atoms with E-state index in [0.717, 1.165) is 43.5 Å². The molecule has 0 spiro atoms. The van der Waals surface area contributed by atoms with Crippen LogP contribution < -0.4 is 5.32 Å². The van der Waals surface area contributed by atoms with Crippen LogP contribution in [0.15, 0.2) is 54.7 Å². The van der Waals surface area contributed by atoms with Crippen molar-refractivity contribution >= 4 is 17.5 Å². The fourth-order valence-electron chi connectivity index (χ4n) is 4.21. The summed E-state index contributed by atoms with van der Waals surface area (Å²) in [5.74, 6) is 0.397. The van der Waals surface area contributed by atoms with Gasteiger partial charge in [0.2, 0.25) is 0 Å². The largest absolute Gasteiger partial charge is 0.481 e. The normalized spacial score (nSPS) is 18.6. The number of benzene rings is 1. The summed E-state index contributed by atoms with van der Waals surface area (Å²) in [4.78, 5) is 14.3. The Bertz CT molecular complexity index is 1080. The van der Waals surface area contributed by atoms with Gasteiger partial charge < -0.3 is 10.4 Å². The zero-order valence-corrected chi connectivity index (χ0v) is 17.7. The summed E-state index contributed by atoms with van der Waals surface area (Å²) in [6.45, 7) is 0. The SMILES string of the molecule is O=C(O)CC1CCC(c2ccc(-c3ccc(Nc4ccc(C(F)(F)F)nc4)nn3)cc2)CC1. The van der Waals surface area contributed by atoms with Crippen LogP contribution in [0.2, 0.25) is 0 Å². The Morgan fingerprint density at radius 3 is 2.24 bits per heavy atom. The smallest absolute Gasteiger partial charge is 0.433 e. The lowest BCUT2D eigenvalue weighted by molar-refractivity contribution is -0.141. The number of pyridine rings is 1. The van der Waals surface area contributed by atoms with Crippen LogP contribution >= 0.6 is 0 Å². The predicted molar refractivity (Wildman–Crippen MR) is 117 cm³/mol. The van der Waals surface area contributed by atoms with E-state index in [1.54, 1.807) is 12.1 Å². The van der Waals surface area contributed by atoms with Gasteiger partial charge in [0, 0.05) is 12.0 Å². The first kappa shape index (κ1) is 22.7. The number of carboxylic acid groups (broad SMARTS) is 1. The van der Waals surface area contributed by atoms with Gasteiger partial charge in [-0.1, -0.05) is 24.3 Å². The molecule has 0 radical (unpaired) electrons. The van der Waals surface area contributed by atoms with Gasteiger partial charge in [0.15, 0.2) is 5.82 Å². The number of aliphatic carboxylic acids is 1. The first-order valence-corrected chi connectivity index (χ1v) is 10.7. The topological polar surface area (TPSA) is 88.0 Å². The van der Waals surface area contributed by atoms with Crippen molar-refractivity contribution in [2.75, 3.05) is 5.32 Å². The molecule has 6 nitrogen and oxygen atoms in total. The van der Waals surface area contributed by atoms with E-state index in [9.17, 15) is 18.0 Å². The van der Waals surface area contributed by atoms with E-state index in [2.05, 4.69) is 32.6 Å². The Kier molecular flexibility index (Phi) is 6.57. The Labute approximate surface area is 188 Å². The van der Waals surface area contributed by atoms with Crippen LogP contribution in [-0.4, -0.2) is 26.3 Å². The number of alkyl halides is 3. The molecule has 3 aromatic rings. The standard InChI is InChI=1S/C24H23F3N4O2/c25-24(26,27)21-11-9-19(14-28-21)29-22-12-10-20(30-31-22)18-7-5-17(6-8-18)16-3-1-15(2-4-16)13-23(32)33/h5-12,14-16H,1-4,13H2,(H,29,31)(H,32,33). The van der Waals surface area contributed by atoms with Crippen molar-refractivity contribution in [3.63, 3.8) is 0 Å². The summed E-state index contributed by atoms with van der Waals surface area (Å²) < 4.78 is 37.8. The Morgan fingerprint density at radius 1 is 0.970 bits per heavy atom. The molecule has 2 aromatic heterocycles. The summed E-state index contributed by atoms with van der Waals surface area (Å²) >= 11 is 0. The minimum atomic E-state index is -4.48. The molecule has 0 unspecified atom stereocenters. The molecule has 1 fully saturated rings. The number of anilines is 2. The second-order valence-electron chi connectivity index (χ2n) is 8.30. The van der Waals surface area contributed by atoms with E-state index < -0.39 is 17.8 Å². The van der Waals surface area contributed by atoms with Crippen molar-refractivity contribution in [1.29, 1.82) is 0 Å². The third-order valence-corrected chi connectivity index (χ3v) is 5.98. The van der Waals surface area contributed by atoms with Crippen molar-refractivity contribution in [2.24, 2.45) is 5.92 Å². The summed E-state index contributed by atoms with van der Waals surface area (Å²) in [5, 5.41) is 20.2. The molecule has 4 rings (SSSR count). The summed E-state index contributed by atoms with van der Waals surface area (Å²) in [7, 11) is 0. The molecule has 1 aliphatic carbocycles. The number of rotatable bonds is 6. The third kappa shape index (κ3) is 5.85. The fourth-order valence-corrected chi connectivity index (χ4v) is 4.21. The van der Waals surface area contributed by atoms with E-state index >= 15 is 0 Å². The molecule has 0 aliphatic heterocycles. The zero-order chi connectivity index (χ0) is 23.4. The highest BCUT2D eigenvalue weighted by Gasteiger charge is 2.32. The average molecular weight is 456 g/mol. The maximum Gasteiger partial charge on any atom is 0.433 e. The molecular weight excluding hydrogens is 433 g/mol. The van der Waals surface area contributed by atoms with Gasteiger partial charge in [-0.25, -0.2) is 4.98 Å². The zero-order valence-electron chi connectivity index (χ0n) is 17.7. The number of aromatic nitrogens is 3. The van der Waals surface area contributed by atoms with Crippen molar-refractivity contribution in [2.45, 2.75) is 44.2 Å². The molecule has 1 aliphatic rings. The minimum Gasteiger partial charge on any atom is -0.481 e. The first-order valence-electron chi connectivity index (χ1n) is 10.7. The lowest BCUT2D eigenvalue weighted by atomic mass is 9.77. The van der Waals surface area contributed by atoms with Crippen LogP contribution in [0.3, 0.4) is 0 Å². The van der Waals surface area contributed by atoms with Gasteiger partial charge in [0.1, 0.15) is 5.69 Å². The number of hydrogen-bond acceptors (Lipinski definition) is 5. The Morgan fingerprint density at radius 2 is 1.70 bits per heavy atom. The molecule has 0 bridgehead atoms. The first-order chi connectivity index (χ1) is 15.8. The highest BCUT2D eigenvalue weighted by Crippen LogP contribution is 2.37. The number of carbonyl (C=O) groups is 1. The molecule has 2 N–H and O–H groups in total. The fraction of sp³-hybridized carbons (Fsp3) is 0.333. The molecular formula is C24H23F3N4O2. The van der Waals surface area contributed by atoms with Gasteiger partial charge in [-0.15, -0.1) is 10.2 Å². The van der Waals surface area contributed by atoms with Gasteiger partial charge >= 0.3 is 12.1 Å². The lowest BCUT2D eigenvalue weighted by Crippen LogP contribution is -2.16. The quantitative estimate of drug-likeness (QED) is 0.470. The molecule has 172 valence electrons. The maximum atomic E-state index is 12.6. The van der Waals surface area contributed by atoms with E-state index in [1.165, 1.54) is 11.6 Å². The highest BCUT2D eigenvalue weighted by molar-refractivity contribution is 5.67. The predicted octanol–water partition coefficient (Wildman–Crippen LogP) is 6.05. The van der Waals surface area contributed by atoms with Gasteiger partial charge in [-0.05, 0) is 67.3 Å². The number of nitrogens with zero attached hydrogens (tertiary/aromatic N) is 3. The Balaban J connectivity index is 1.36. The van der Waals surface area contributed by atoms with Crippen LogP contribution in [0.4, 0.5) is 24.7 Å². The molecule has 0 amide bonds. The van der Waals surface area contributed by atoms with Crippen LogP contribution in [-0.2, 0) is 11.0 Å². The van der Waals surface area contributed by atoms with Crippen LogP contribution in [0, 0.1) is 5.92 Å². The number of halogens is 3. The van der Waals surface area contributed by atoms with Gasteiger partial charge in [0.05, 0.1) is 17.6 Å². The monoisotopic (exact) mass is 456 g/mol. The Hall–Kier alpha value is -3.49. The molecule has 0 saturated heterocycles. The van der Waals surface area contributed by atoms with Crippen molar-refractivity contribution in [3.05, 3.63) is 66.0 Å². The summed E-state index contributed by atoms with van der Waals surface area (Å²) in [5.41, 5.74) is 2.27. The second kappa shape index (κ2) is 9.56. The van der Waals surface area contributed by atoms with E-state index in [0.29, 0.717) is 23.1 Å². The molecule has 0 atom stereocenters. The lowest BCUT2D eigenvalue weighted by Gasteiger charge is -2.28. The number of nitrogens with one attached hydrogen (secondary N) is 1. The molecule has 9 heteroatoms.